The highest BCUT2D eigenvalue weighted by Gasteiger charge is 2.45. The molecule has 1 atom stereocenters. The Morgan fingerprint density at radius 2 is 1.88 bits per heavy atom. The van der Waals surface area contributed by atoms with Gasteiger partial charge in [-0.2, -0.15) is 0 Å². The van der Waals surface area contributed by atoms with Crippen LogP contribution in [0.4, 0.5) is 0 Å². The van der Waals surface area contributed by atoms with Crippen molar-refractivity contribution < 1.29 is 13.5 Å². The number of benzene rings is 1. The molecule has 1 aliphatic carbocycles. The SMILES string of the molecule is CCNC(=NCC(C)(O)c1ccccc1)NCC1(CS(C)(=O)=O)CC1.I. The van der Waals surface area contributed by atoms with Gasteiger partial charge in [-0.15, -0.1) is 24.0 Å². The summed E-state index contributed by atoms with van der Waals surface area (Å²) in [5.41, 5.74) is -0.426. The van der Waals surface area contributed by atoms with Crippen LogP contribution < -0.4 is 10.6 Å². The van der Waals surface area contributed by atoms with Crippen molar-refractivity contribution >= 4 is 39.8 Å². The lowest BCUT2D eigenvalue weighted by atomic mass is 9.96. The third kappa shape index (κ3) is 7.40. The van der Waals surface area contributed by atoms with E-state index in [4.69, 9.17) is 0 Å². The molecule has 1 aliphatic rings. The first-order valence-corrected chi connectivity index (χ1v) is 10.7. The standard InChI is InChI=1S/C18H29N3O3S.HI/c1-4-19-16(21-13-18(10-11-18)14-25(3,23)24)20-12-17(2,22)15-8-6-5-7-9-15;/h5-9,22H,4,10-14H2,1-3H3,(H2,19,20,21);1H. The van der Waals surface area contributed by atoms with Crippen LogP contribution in [-0.4, -0.2) is 51.1 Å². The van der Waals surface area contributed by atoms with E-state index >= 15 is 0 Å². The molecule has 0 heterocycles. The third-order valence-electron chi connectivity index (χ3n) is 4.44. The summed E-state index contributed by atoms with van der Waals surface area (Å²) in [7, 11) is -2.99. The van der Waals surface area contributed by atoms with E-state index in [1.807, 2.05) is 37.3 Å². The van der Waals surface area contributed by atoms with Crippen LogP contribution in [-0.2, 0) is 15.4 Å². The number of sulfone groups is 1. The molecule has 0 amide bonds. The van der Waals surface area contributed by atoms with Crippen molar-refractivity contribution in [2.75, 3.05) is 31.6 Å². The summed E-state index contributed by atoms with van der Waals surface area (Å²) in [4.78, 5) is 4.48. The summed E-state index contributed by atoms with van der Waals surface area (Å²) in [6.45, 7) is 5.18. The Kier molecular flexibility index (Phi) is 8.34. The van der Waals surface area contributed by atoms with E-state index in [0.717, 1.165) is 18.4 Å². The third-order valence-corrected chi connectivity index (χ3v) is 5.58. The molecule has 1 aromatic carbocycles. The fourth-order valence-corrected chi connectivity index (χ4v) is 4.34. The van der Waals surface area contributed by atoms with Gasteiger partial charge in [0.05, 0.1) is 12.3 Å². The van der Waals surface area contributed by atoms with E-state index in [2.05, 4.69) is 15.6 Å². The van der Waals surface area contributed by atoms with Crippen LogP contribution in [0, 0.1) is 5.41 Å². The number of aliphatic hydroxyl groups is 1. The molecule has 0 bridgehead atoms. The Balaban J connectivity index is 0.00000338. The van der Waals surface area contributed by atoms with Crippen molar-refractivity contribution in [1.29, 1.82) is 0 Å². The lowest BCUT2D eigenvalue weighted by Crippen LogP contribution is -2.42. The van der Waals surface area contributed by atoms with E-state index in [1.165, 1.54) is 6.26 Å². The Morgan fingerprint density at radius 3 is 2.38 bits per heavy atom. The van der Waals surface area contributed by atoms with Gasteiger partial charge in [0, 0.05) is 24.8 Å². The number of rotatable bonds is 8. The zero-order chi connectivity index (χ0) is 18.6. The normalized spacial score (nSPS) is 18.4. The molecule has 0 aromatic heterocycles. The number of guanidine groups is 1. The van der Waals surface area contributed by atoms with Crippen LogP contribution in [0.3, 0.4) is 0 Å². The first-order chi connectivity index (χ1) is 11.7. The summed E-state index contributed by atoms with van der Waals surface area (Å²) in [5, 5.41) is 17.0. The lowest BCUT2D eigenvalue weighted by molar-refractivity contribution is 0.0672. The maximum atomic E-state index is 11.6. The quantitative estimate of drug-likeness (QED) is 0.291. The zero-order valence-electron chi connectivity index (χ0n) is 15.7. The van der Waals surface area contributed by atoms with Crippen molar-refractivity contribution in [3.8, 4) is 0 Å². The second kappa shape index (κ2) is 9.36. The van der Waals surface area contributed by atoms with E-state index in [0.29, 0.717) is 19.0 Å². The maximum absolute atomic E-state index is 11.6. The molecular formula is C18H30IN3O3S. The average molecular weight is 495 g/mol. The van der Waals surface area contributed by atoms with Crippen molar-refractivity contribution in [2.24, 2.45) is 10.4 Å². The number of aliphatic imine (C=N–C) groups is 1. The van der Waals surface area contributed by atoms with Gasteiger partial charge in [-0.3, -0.25) is 0 Å². The van der Waals surface area contributed by atoms with Crippen molar-refractivity contribution in [1.82, 2.24) is 10.6 Å². The minimum atomic E-state index is -2.99. The van der Waals surface area contributed by atoms with Crippen molar-refractivity contribution in [2.45, 2.75) is 32.3 Å². The van der Waals surface area contributed by atoms with Crippen LogP contribution in [0.5, 0.6) is 0 Å². The second-order valence-corrected chi connectivity index (χ2v) is 9.40. The van der Waals surface area contributed by atoms with Gasteiger partial charge in [-0.1, -0.05) is 30.3 Å². The van der Waals surface area contributed by atoms with Gasteiger partial charge in [-0.05, 0) is 32.3 Å². The van der Waals surface area contributed by atoms with Crippen LogP contribution >= 0.6 is 24.0 Å². The number of nitrogens with one attached hydrogen (secondary N) is 2. The van der Waals surface area contributed by atoms with Gasteiger partial charge in [-0.25, -0.2) is 13.4 Å². The topological polar surface area (TPSA) is 90.8 Å². The van der Waals surface area contributed by atoms with E-state index in [-0.39, 0.29) is 41.7 Å². The first kappa shape index (κ1) is 23.2. The Labute approximate surface area is 173 Å². The molecule has 1 fully saturated rings. The molecular weight excluding hydrogens is 465 g/mol. The summed E-state index contributed by atoms with van der Waals surface area (Å²) in [5.74, 6) is 0.798. The van der Waals surface area contributed by atoms with Gasteiger partial charge in [0.2, 0.25) is 0 Å². The van der Waals surface area contributed by atoms with Crippen LogP contribution in [0.15, 0.2) is 35.3 Å². The molecule has 2 rings (SSSR count). The second-order valence-electron chi connectivity index (χ2n) is 7.26. The predicted octanol–water partition coefficient (Wildman–Crippen LogP) is 1.89. The Bertz CT molecular complexity index is 702. The van der Waals surface area contributed by atoms with Gasteiger partial charge < -0.3 is 15.7 Å². The molecule has 0 aliphatic heterocycles. The number of hydrogen-bond acceptors (Lipinski definition) is 4. The van der Waals surface area contributed by atoms with Crippen LogP contribution in [0.25, 0.3) is 0 Å². The van der Waals surface area contributed by atoms with Crippen molar-refractivity contribution in [3.63, 3.8) is 0 Å². The molecule has 1 saturated carbocycles. The zero-order valence-corrected chi connectivity index (χ0v) is 18.8. The summed E-state index contributed by atoms with van der Waals surface area (Å²) in [6.07, 6.45) is 3.10. The number of nitrogens with zero attached hydrogens (tertiary/aromatic N) is 1. The minimum Gasteiger partial charge on any atom is -0.384 e. The van der Waals surface area contributed by atoms with Crippen LogP contribution in [0.1, 0.15) is 32.3 Å². The first-order valence-electron chi connectivity index (χ1n) is 8.64. The number of hydrogen-bond donors (Lipinski definition) is 3. The highest BCUT2D eigenvalue weighted by molar-refractivity contribution is 14.0. The molecule has 0 spiro atoms. The van der Waals surface area contributed by atoms with Gasteiger partial charge in [0.1, 0.15) is 15.4 Å². The van der Waals surface area contributed by atoms with Gasteiger partial charge in [0.25, 0.3) is 0 Å². The molecule has 8 heteroatoms. The molecule has 6 nitrogen and oxygen atoms in total. The fourth-order valence-electron chi connectivity index (χ4n) is 2.84. The number of halogens is 1. The molecule has 1 aromatic rings. The van der Waals surface area contributed by atoms with Crippen molar-refractivity contribution in [3.05, 3.63) is 35.9 Å². The fraction of sp³-hybridized carbons (Fsp3) is 0.611. The van der Waals surface area contributed by atoms with E-state index < -0.39 is 15.4 Å². The molecule has 0 radical (unpaired) electrons. The highest BCUT2D eigenvalue weighted by atomic mass is 127. The summed E-state index contributed by atoms with van der Waals surface area (Å²) < 4.78 is 23.1. The van der Waals surface area contributed by atoms with Crippen LogP contribution in [0.2, 0.25) is 0 Å². The molecule has 148 valence electrons. The Hall–Kier alpha value is -0.870. The molecule has 26 heavy (non-hydrogen) atoms. The predicted molar refractivity (Wildman–Crippen MR) is 117 cm³/mol. The minimum absolute atomic E-state index is 0. The Morgan fingerprint density at radius 1 is 1.27 bits per heavy atom. The molecule has 1 unspecified atom stereocenters. The lowest BCUT2D eigenvalue weighted by Gasteiger charge is -2.23. The smallest absolute Gasteiger partial charge is 0.191 e. The summed E-state index contributed by atoms with van der Waals surface area (Å²) >= 11 is 0. The molecule has 0 saturated heterocycles. The monoisotopic (exact) mass is 495 g/mol. The molecule has 3 N–H and O–H groups in total. The van der Waals surface area contributed by atoms with Gasteiger partial charge >= 0.3 is 0 Å². The maximum Gasteiger partial charge on any atom is 0.191 e. The van der Waals surface area contributed by atoms with Gasteiger partial charge in [0.15, 0.2) is 5.96 Å². The van der Waals surface area contributed by atoms with E-state index in [1.54, 1.807) is 6.92 Å². The largest absolute Gasteiger partial charge is 0.384 e. The average Bonchev–Trinajstić information content (AvgIpc) is 3.29. The van der Waals surface area contributed by atoms with E-state index in [9.17, 15) is 13.5 Å². The summed E-state index contributed by atoms with van der Waals surface area (Å²) in [6, 6.07) is 9.44. The highest BCUT2D eigenvalue weighted by Crippen LogP contribution is 2.46.